The molecule has 0 bridgehead atoms. The van der Waals surface area contributed by atoms with Crippen molar-refractivity contribution < 1.29 is 23.8 Å². The third-order valence-electron chi connectivity index (χ3n) is 6.75. The van der Waals surface area contributed by atoms with Crippen LogP contribution in [0.5, 0.6) is 0 Å². The highest BCUT2D eigenvalue weighted by molar-refractivity contribution is 6.21. The third kappa shape index (κ3) is 3.73. The van der Waals surface area contributed by atoms with Crippen LogP contribution in [0, 0.1) is 0 Å². The first-order valence-electron chi connectivity index (χ1n) is 11.9. The molecule has 2 amide bonds. The van der Waals surface area contributed by atoms with Crippen LogP contribution in [0.1, 0.15) is 47.2 Å². The molecule has 2 aromatic heterocycles. The second-order valence-corrected chi connectivity index (χ2v) is 9.58. The van der Waals surface area contributed by atoms with Crippen molar-refractivity contribution in [2.75, 3.05) is 25.4 Å². The number of hydrogen-bond donors (Lipinski definition) is 2. The Kier molecular flexibility index (Phi) is 5.48. The van der Waals surface area contributed by atoms with Gasteiger partial charge in [0.2, 0.25) is 0 Å². The number of aromatic nitrogens is 4. The molecule has 188 valence electrons. The maximum Gasteiger partial charge on any atom is 0.261 e. The zero-order valence-electron chi connectivity index (χ0n) is 20.0. The zero-order valence-corrected chi connectivity index (χ0v) is 20.0. The Hall–Kier alpha value is -3.45. The Balaban J connectivity index is 1.09. The second kappa shape index (κ2) is 8.59. The number of fused-ring (bicyclic) bond motifs is 3. The summed E-state index contributed by atoms with van der Waals surface area (Å²) >= 11 is 0. The third-order valence-corrected chi connectivity index (χ3v) is 6.75. The van der Waals surface area contributed by atoms with E-state index >= 15 is 0 Å². The van der Waals surface area contributed by atoms with Gasteiger partial charge < -0.3 is 25.3 Å². The predicted molar refractivity (Wildman–Crippen MR) is 127 cm³/mol. The van der Waals surface area contributed by atoms with Gasteiger partial charge in [-0.05, 0) is 38.9 Å². The topological polar surface area (TPSA) is 147 Å². The molecule has 5 heterocycles. The summed E-state index contributed by atoms with van der Waals surface area (Å²) in [6.45, 7) is 5.19. The van der Waals surface area contributed by atoms with E-state index in [-0.39, 0.29) is 30.1 Å². The Labute approximate surface area is 206 Å². The minimum Gasteiger partial charge on any atom is -0.382 e. The number of imide groups is 1. The standard InChI is InChI=1S/C24H27N7O5/c1-24(2)35-17-15(10-26-8-5-9-30-21(32)13-6-3-4-7-14(13)22(30)33)34-23(18(17)36-24)31-12-29-16-19(25)27-11-28-20(16)31/h3-4,6-7,11-12,15,17-18,23,26H,5,8-10H2,1-2H3,(H2,25,27,28)/t15?,17-,18-,23?/m1/s1. The molecular formula is C24H27N7O5. The largest absolute Gasteiger partial charge is 0.382 e. The number of amides is 2. The van der Waals surface area contributed by atoms with Crippen LogP contribution in [-0.2, 0) is 14.2 Å². The van der Waals surface area contributed by atoms with Crippen LogP contribution in [0.25, 0.3) is 11.2 Å². The van der Waals surface area contributed by atoms with Gasteiger partial charge in [0.25, 0.3) is 11.8 Å². The minimum absolute atomic E-state index is 0.240. The van der Waals surface area contributed by atoms with E-state index in [1.165, 1.54) is 11.2 Å². The number of rotatable bonds is 7. The maximum absolute atomic E-state index is 12.5. The van der Waals surface area contributed by atoms with Gasteiger partial charge >= 0.3 is 0 Å². The van der Waals surface area contributed by atoms with Crippen molar-refractivity contribution >= 4 is 28.8 Å². The average Bonchev–Trinajstić information content (AvgIpc) is 3.57. The van der Waals surface area contributed by atoms with Crippen molar-refractivity contribution in [2.45, 2.75) is 50.6 Å². The number of nitrogen functional groups attached to an aromatic ring is 1. The van der Waals surface area contributed by atoms with Crippen molar-refractivity contribution in [3.05, 3.63) is 48.0 Å². The predicted octanol–water partition coefficient (Wildman–Crippen LogP) is 1.10. The number of nitrogens with one attached hydrogen (secondary N) is 1. The van der Waals surface area contributed by atoms with Crippen LogP contribution in [0.15, 0.2) is 36.9 Å². The molecule has 36 heavy (non-hydrogen) atoms. The van der Waals surface area contributed by atoms with Gasteiger partial charge in [-0.2, -0.15) is 0 Å². The molecule has 2 saturated heterocycles. The van der Waals surface area contributed by atoms with Crippen LogP contribution in [0.2, 0.25) is 0 Å². The molecule has 3 N–H and O–H groups in total. The summed E-state index contributed by atoms with van der Waals surface area (Å²) in [5.74, 6) is -0.938. The van der Waals surface area contributed by atoms with Crippen LogP contribution < -0.4 is 11.1 Å². The summed E-state index contributed by atoms with van der Waals surface area (Å²) in [5.41, 5.74) is 7.95. The maximum atomic E-state index is 12.5. The van der Waals surface area contributed by atoms with Crippen molar-refractivity contribution in [1.82, 2.24) is 29.7 Å². The molecule has 12 heteroatoms. The van der Waals surface area contributed by atoms with Gasteiger partial charge in [0.1, 0.15) is 30.2 Å². The molecule has 3 aromatic rings. The van der Waals surface area contributed by atoms with Crippen molar-refractivity contribution in [3.8, 4) is 0 Å². The van der Waals surface area contributed by atoms with E-state index in [2.05, 4.69) is 20.3 Å². The number of hydrogen-bond acceptors (Lipinski definition) is 10. The molecule has 2 fully saturated rings. The Bertz CT molecular complexity index is 1310. The summed E-state index contributed by atoms with van der Waals surface area (Å²) in [6, 6.07) is 6.91. The molecule has 0 saturated carbocycles. The summed E-state index contributed by atoms with van der Waals surface area (Å²) in [5, 5.41) is 3.37. The van der Waals surface area contributed by atoms with E-state index in [9.17, 15) is 9.59 Å². The lowest BCUT2D eigenvalue weighted by molar-refractivity contribution is -0.195. The second-order valence-electron chi connectivity index (χ2n) is 9.58. The van der Waals surface area contributed by atoms with Gasteiger partial charge in [-0.1, -0.05) is 12.1 Å². The Morgan fingerprint density at radius 2 is 1.78 bits per heavy atom. The number of ether oxygens (including phenoxy) is 3. The van der Waals surface area contributed by atoms with Crippen LogP contribution in [0.4, 0.5) is 5.82 Å². The van der Waals surface area contributed by atoms with E-state index in [1.807, 2.05) is 13.8 Å². The van der Waals surface area contributed by atoms with Gasteiger partial charge in [-0.3, -0.25) is 19.1 Å². The van der Waals surface area contributed by atoms with E-state index in [0.29, 0.717) is 54.2 Å². The molecule has 1 aromatic carbocycles. The lowest BCUT2D eigenvalue weighted by Crippen LogP contribution is -2.39. The summed E-state index contributed by atoms with van der Waals surface area (Å²) in [4.78, 5) is 39.1. The number of imidazole rings is 1. The van der Waals surface area contributed by atoms with Crippen molar-refractivity contribution in [1.29, 1.82) is 0 Å². The fourth-order valence-corrected chi connectivity index (χ4v) is 5.15. The number of nitrogens with two attached hydrogens (primary N) is 1. The number of benzene rings is 1. The smallest absolute Gasteiger partial charge is 0.261 e. The highest BCUT2D eigenvalue weighted by atomic mass is 16.8. The molecule has 6 rings (SSSR count). The molecule has 3 aliphatic rings. The lowest BCUT2D eigenvalue weighted by Gasteiger charge is -2.25. The van der Waals surface area contributed by atoms with E-state index in [4.69, 9.17) is 19.9 Å². The van der Waals surface area contributed by atoms with Crippen molar-refractivity contribution in [3.63, 3.8) is 0 Å². The fraction of sp³-hybridized carbons (Fsp3) is 0.458. The van der Waals surface area contributed by atoms with Gasteiger partial charge in [0.05, 0.1) is 17.5 Å². The lowest BCUT2D eigenvalue weighted by atomic mass is 10.1. The van der Waals surface area contributed by atoms with Crippen LogP contribution in [-0.4, -0.2) is 80.0 Å². The molecule has 12 nitrogen and oxygen atoms in total. The first-order valence-corrected chi connectivity index (χ1v) is 11.9. The highest BCUT2D eigenvalue weighted by Gasteiger charge is 2.56. The number of carbonyl (C=O) groups is 2. The van der Waals surface area contributed by atoms with Gasteiger partial charge in [0, 0.05) is 13.1 Å². The first-order chi connectivity index (χ1) is 17.3. The molecule has 4 atom stereocenters. The minimum atomic E-state index is -0.758. The van der Waals surface area contributed by atoms with Crippen LogP contribution in [0.3, 0.4) is 0 Å². The normalized spacial score (nSPS) is 26.7. The monoisotopic (exact) mass is 493 g/mol. The zero-order chi connectivity index (χ0) is 25.0. The molecule has 0 radical (unpaired) electrons. The van der Waals surface area contributed by atoms with Crippen molar-refractivity contribution in [2.24, 2.45) is 0 Å². The highest BCUT2D eigenvalue weighted by Crippen LogP contribution is 2.43. The Morgan fingerprint density at radius 1 is 1.06 bits per heavy atom. The first kappa shape index (κ1) is 23.0. The van der Waals surface area contributed by atoms with E-state index in [0.717, 1.165) is 0 Å². The quantitative estimate of drug-likeness (QED) is 0.362. The van der Waals surface area contributed by atoms with Crippen LogP contribution >= 0.6 is 0 Å². The number of carbonyl (C=O) groups excluding carboxylic acids is 2. The molecular weight excluding hydrogens is 466 g/mol. The SMILES string of the molecule is CC1(C)O[C@@H]2C(CNCCCN3C(=O)c4ccccc4C3=O)OC(n3cnc4c(N)ncnc43)[C@@H]2O1. The fourth-order valence-electron chi connectivity index (χ4n) is 5.15. The average molecular weight is 494 g/mol. The number of anilines is 1. The van der Waals surface area contributed by atoms with E-state index in [1.54, 1.807) is 35.2 Å². The molecule has 0 spiro atoms. The molecule has 2 unspecified atom stereocenters. The van der Waals surface area contributed by atoms with Gasteiger partial charge in [-0.15, -0.1) is 0 Å². The van der Waals surface area contributed by atoms with E-state index < -0.39 is 12.0 Å². The molecule has 3 aliphatic heterocycles. The Morgan fingerprint density at radius 3 is 2.53 bits per heavy atom. The van der Waals surface area contributed by atoms with Gasteiger partial charge in [-0.25, -0.2) is 15.0 Å². The summed E-state index contributed by atoms with van der Waals surface area (Å²) in [6.07, 6.45) is 2.18. The summed E-state index contributed by atoms with van der Waals surface area (Å²) in [7, 11) is 0. The number of nitrogens with zero attached hydrogens (tertiary/aromatic N) is 5. The van der Waals surface area contributed by atoms with Gasteiger partial charge in [0.15, 0.2) is 23.5 Å². The summed E-state index contributed by atoms with van der Waals surface area (Å²) < 4.78 is 20.5. The molecule has 0 aliphatic carbocycles.